The average molecular weight is 826 g/mol. The van der Waals surface area contributed by atoms with Crippen LogP contribution in [0.1, 0.15) is 0 Å². The number of fused-ring (bicyclic) bond motifs is 10. The van der Waals surface area contributed by atoms with Gasteiger partial charge in [-0.05, 0) is 76.1 Å². The predicted molar refractivity (Wildman–Crippen MR) is 332 cm³/mol. The minimum atomic E-state index is -0.211. The zero-order valence-electron chi connectivity index (χ0n) is 37.4. The molecule has 0 fully saturated rings. The topological polar surface area (TPSA) is 13.1 Å². The first kappa shape index (κ1) is 50.3. The molecule has 52 radical (unpaired) electrons. The number of benzene rings is 9. The molecule has 10 rings (SSSR count). The van der Waals surface area contributed by atoms with Crippen molar-refractivity contribution >= 4 is 422 Å². The average Bonchev–Trinajstić information content (AvgIpc) is 3.74. The molecule has 1 aromatic heterocycles. The summed E-state index contributed by atoms with van der Waals surface area (Å²) in [5.41, 5.74) is -3.74. The van der Waals surface area contributed by atoms with E-state index in [2.05, 4.69) is 0 Å². The highest BCUT2D eigenvalue weighted by Gasteiger charge is 2.32. The lowest BCUT2D eigenvalue weighted by Crippen LogP contribution is -2.51. The van der Waals surface area contributed by atoms with Crippen molar-refractivity contribution in [2.24, 2.45) is 0 Å². The number of hydrogen-bond acceptors (Lipinski definition) is 1. The molecule has 0 spiro atoms. The molecule has 0 aliphatic heterocycles. The molecule has 0 amide bonds. The lowest BCUT2D eigenvalue weighted by Gasteiger charge is -2.32. The van der Waals surface area contributed by atoms with Gasteiger partial charge in [0.25, 0.3) is 0 Å². The van der Waals surface area contributed by atoms with Gasteiger partial charge >= 0.3 is 0 Å². The fourth-order valence-corrected chi connectivity index (χ4v) is 10.4. The normalized spacial score (nSPS) is 12.0. The lowest BCUT2D eigenvalue weighted by molar-refractivity contribution is 0.675. The monoisotopic (exact) mass is 830 g/mol. The standard InChI is InChI=1S/C44B26O/c45-17-12-8(18(46)31(59)19(47)9(12)3-11-15(28(56)27(55)14(3)26(17)54)29(57)37(65)36(64)25(11)53)1-4-6(22(50)34(62)32(60)20(4)48)2(7-5(1)21(49)33(61)35(63)23(7)51)10-13-16-30(58)38(66)40(68)42(70)44(16)71-43(13)41(69)39(67)24(10)52. The highest BCUT2D eigenvalue weighted by molar-refractivity contribution is 6.78. The molecule has 1 nitrogen and oxygen atoms in total. The van der Waals surface area contributed by atoms with Crippen molar-refractivity contribution in [1.29, 1.82) is 0 Å². The summed E-state index contributed by atoms with van der Waals surface area (Å²) in [6.07, 6.45) is 0. The van der Waals surface area contributed by atoms with E-state index >= 15 is 0 Å². The van der Waals surface area contributed by atoms with Gasteiger partial charge in [-0.25, -0.2) is 0 Å². The maximum Gasteiger partial charge on any atom is 0.128 e. The molecule has 0 saturated heterocycles. The largest absolute Gasteiger partial charge is 0.457 e. The van der Waals surface area contributed by atoms with Crippen LogP contribution in [0.3, 0.4) is 0 Å². The van der Waals surface area contributed by atoms with Crippen LogP contribution in [0.15, 0.2) is 4.42 Å². The van der Waals surface area contributed by atoms with Crippen molar-refractivity contribution in [2.75, 3.05) is 0 Å². The summed E-state index contributed by atoms with van der Waals surface area (Å²) in [5, 5.41) is 0.743. The first-order valence-corrected chi connectivity index (χ1v) is 20.9. The van der Waals surface area contributed by atoms with E-state index in [9.17, 15) is 0 Å². The van der Waals surface area contributed by atoms with Crippen molar-refractivity contribution in [3.63, 3.8) is 0 Å². The summed E-state index contributed by atoms with van der Waals surface area (Å²) < 4.78 is 6.34. The van der Waals surface area contributed by atoms with Crippen molar-refractivity contribution in [3.05, 3.63) is 0 Å². The molecule has 9 aromatic carbocycles. The molecule has 0 aliphatic carbocycles. The van der Waals surface area contributed by atoms with Crippen LogP contribution < -0.4 is 142 Å². The van der Waals surface area contributed by atoms with Crippen molar-refractivity contribution in [2.45, 2.75) is 0 Å². The summed E-state index contributed by atoms with van der Waals surface area (Å²) in [7, 11) is 177. The third kappa shape index (κ3) is 6.20. The first-order valence-electron chi connectivity index (χ1n) is 20.9. The maximum absolute atomic E-state index is 7.20. The summed E-state index contributed by atoms with van der Waals surface area (Å²) in [5.74, 6) is 0. The second kappa shape index (κ2) is 16.6. The predicted octanol–water partition coefficient (Wildman–Crippen LogP) is -18.7. The molecule has 0 bridgehead atoms. The van der Waals surface area contributed by atoms with Gasteiger partial charge in [0, 0.05) is 10.8 Å². The van der Waals surface area contributed by atoms with Gasteiger partial charge in [-0.1, -0.05) is 87.4 Å². The molecule has 0 unspecified atom stereocenters. The van der Waals surface area contributed by atoms with Crippen LogP contribution >= 0.6 is 0 Å². The van der Waals surface area contributed by atoms with E-state index in [0.29, 0.717) is 0 Å². The molecule has 0 aliphatic rings. The molecule has 0 atom stereocenters. The van der Waals surface area contributed by atoms with Gasteiger partial charge in [0.2, 0.25) is 0 Å². The number of rotatable bonds is 2. The third-order valence-electron chi connectivity index (χ3n) is 14.1. The van der Waals surface area contributed by atoms with Gasteiger partial charge in [0.15, 0.2) is 0 Å². The van der Waals surface area contributed by atoms with Gasteiger partial charge in [-0.3, -0.25) is 0 Å². The Kier molecular flexibility index (Phi) is 11.8. The quantitative estimate of drug-likeness (QED) is 0.0961. The van der Waals surface area contributed by atoms with Crippen LogP contribution in [0, 0.1) is 0 Å². The molecule has 1 heterocycles. The van der Waals surface area contributed by atoms with E-state index in [1.807, 2.05) is 0 Å². The second-order valence-electron chi connectivity index (χ2n) is 17.5. The van der Waals surface area contributed by atoms with E-state index in [4.69, 9.17) is 208 Å². The molecular weight excluding hydrogens is 826 g/mol. The summed E-state index contributed by atoms with van der Waals surface area (Å²) >= 11 is 0. The van der Waals surface area contributed by atoms with Gasteiger partial charge < -0.3 is 4.42 Å². The van der Waals surface area contributed by atoms with Gasteiger partial charge in [-0.15, -0.1) is 54.6 Å². The van der Waals surface area contributed by atoms with E-state index in [-0.39, 0.29) is 240 Å². The Bertz CT molecular complexity index is 4210. The van der Waals surface area contributed by atoms with E-state index < -0.39 is 0 Å². The van der Waals surface area contributed by atoms with Crippen LogP contribution in [-0.4, -0.2) is 204 Å². The Hall–Kier alpha value is -4.23. The van der Waals surface area contributed by atoms with Crippen LogP contribution in [0.25, 0.3) is 98.1 Å². The lowest BCUT2D eigenvalue weighted by atomic mass is 9.56. The first-order chi connectivity index (χ1) is 33.2. The molecule has 260 valence electrons. The fraction of sp³-hybridized carbons (Fsp3) is 0. The van der Waals surface area contributed by atoms with Crippen molar-refractivity contribution in [3.8, 4) is 22.3 Å². The minimum absolute atomic E-state index is 0.00790. The van der Waals surface area contributed by atoms with Crippen LogP contribution in [-0.2, 0) is 0 Å². The highest BCUT2D eigenvalue weighted by atomic mass is 16.3. The fourth-order valence-electron chi connectivity index (χ4n) is 10.4. The molecule has 0 N–H and O–H groups in total. The summed E-state index contributed by atoms with van der Waals surface area (Å²) in [6.45, 7) is 0. The van der Waals surface area contributed by atoms with E-state index in [1.54, 1.807) is 0 Å². The third-order valence-corrected chi connectivity index (χ3v) is 14.1. The number of furan rings is 1. The summed E-state index contributed by atoms with van der Waals surface area (Å²) in [6, 6.07) is 0. The minimum Gasteiger partial charge on any atom is -0.457 e. The highest BCUT2D eigenvalue weighted by Crippen LogP contribution is 2.44. The van der Waals surface area contributed by atoms with Crippen molar-refractivity contribution in [1.82, 2.24) is 0 Å². The molecule has 10 aromatic rings. The number of hydrogen-bond donors (Lipinski definition) is 0. The van der Waals surface area contributed by atoms with Gasteiger partial charge in [0.05, 0.1) is 0 Å². The summed E-state index contributed by atoms with van der Waals surface area (Å²) in [4.78, 5) is 0. The smallest absolute Gasteiger partial charge is 0.128 e. The van der Waals surface area contributed by atoms with E-state index in [1.165, 1.54) is 0 Å². The Labute approximate surface area is 445 Å². The Morgan fingerprint density at radius 2 is 0.324 bits per heavy atom. The van der Waals surface area contributed by atoms with Crippen molar-refractivity contribution < 1.29 is 4.42 Å². The Morgan fingerprint density at radius 1 is 0.127 bits per heavy atom. The molecule has 71 heavy (non-hydrogen) atoms. The maximum atomic E-state index is 7.20. The Morgan fingerprint density at radius 3 is 0.704 bits per heavy atom. The van der Waals surface area contributed by atoms with Crippen LogP contribution in [0.5, 0.6) is 0 Å². The zero-order chi connectivity index (χ0) is 52.1. The van der Waals surface area contributed by atoms with Gasteiger partial charge in [0.1, 0.15) is 215 Å². The van der Waals surface area contributed by atoms with Gasteiger partial charge in [-0.2, -0.15) is 0 Å². The zero-order valence-corrected chi connectivity index (χ0v) is 37.4. The molecule has 27 heteroatoms. The SMILES string of the molecule is [B]c1c([B])c([B])c2c(oc3c([B])c([B])c([B])c(-c4c5c([B])c([B])c([B])c([B])c5c(-c5c([B])c([B])c([B])c6c5c([B])c([B])c5c([B])c([B])c7c([B])c([B])c([B])c([B])c7c56)c5c([B])c([B])c([B])c([B])c45)c32)c1[B]. The second-order valence-corrected chi connectivity index (χ2v) is 17.5. The Balaban J connectivity index is 1.61. The molecule has 0 saturated carbocycles. The van der Waals surface area contributed by atoms with Crippen LogP contribution in [0.2, 0.25) is 0 Å². The van der Waals surface area contributed by atoms with Crippen LogP contribution in [0.4, 0.5) is 0 Å². The van der Waals surface area contributed by atoms with E-state index in [0.717, 1.165) is 0 Å². The molecular formula is C44B26O.